The maximum atomic E-state index is 5.53. The zero-order chi connectivity index (χ0) is 13.9. The summed E-state index contributed by atoms with van der Waals surface area (Å²) in [5, 5.41) is 4.40. The van der Waals surface area contributed by atoms with E-state index in [2.05, 4.69) is 25.2 Å². The molecule has 0 spiro atoms. The lowest BCUT2D eigenvalue weighted by Crippen LogP contribution is -2.12. The normalized spacial score (nSPS) is 23.4. The van der Waals surface area contributed by atoms with Gasteiger partial charge in [0.2, 0.25) is 0 Å². The number of hydrogen-bond donors (Lipinski definition) is 1. The number of benzene rings is 1. The molecule has 0 saturated carbocycles. The summed E-state index contributed by atoms with van der Waals surface area (Å²) in [6.07, 6.45) is -0.224. The molecule has 1 fully saturated rings. The zero-order valence-corrected chi connectivity index (χ0v) is 12.7. The summed E-state index contributed by atoms with van der Waals surface area (Å²) in [6, 6.07) is 8.59. The van der Waals surface area contributed by atoms with Crippen LogP contribution >= 0.6 is 11.8 Å². The monoisotopic (exact) mass is 292 g/mol. The minimum absolute atomic E-state index is 0.224. The van der Waals surface area contributed by atoms with Gasteiger partial charge in [-0.3, -0.25) is 4.99 Å². The van der Waals surface area contributed by atoms with Gasteiger partial charge in [0.1, 0.15) is 0 Å². The zero-order valence-electron chi connectivity index (χ0n) is 11.8. The average molecular weight is 292 g/mol. The number of nitrogens with one attached hydrogen (secondary N) is 1. The van der Waals surface area contributed by atoms with Crippen molar-refractivity contribution >= 4 is 22.6 Å². The van der Waals surface area contributed by atoms with Crippen LogP contribution in [0.3, 0.4) is 0 Å². The Kier molecular flexibility index (Phi) is 4.29. The molecule has 1 aromatic rings. The Bertz CT molecular complexity index is 498. The van der Waals surface area contributed by atoms with Crippen LogP contribution in [0.25, 0.3) is 0 Å². The predicted molar refractivity (Wildman–Crippen MR) is 83.2 cm³/mol. The molecule has 1 N–H and O–H groups in total. The van der Waals surface area contributed by atoms with E-state index in [1.54, 1.807) is 11.8 Å². The summed E-state index contributed by atoms with van der Waals surface area (Å²) < 4.78 is 11.1. The van der Waals surface area contributed by atoms with E-state index in [1.807, 2.05) is 18.2 Å². The van der Waals surface area contributed by atoms with Crippen LogP contribution in [0.2, 0.25) is 0 Å². The van der Waals surface area contributed by atoms with E-state index >= 15 is 0 Å². The molecule has 4 nitrogen and oxygen atoms in total. The molecule has 1 unspecified atom stereocenters. The van der Waals surface area contributed by atoms with Crippen molar-refractivity contribution in [2.75, 3.05) is 24.3 Å². The Balaban J connectivity index is 1.69. The Morgan fingerprint density at radius 3 is 2.80 bits per heavy atom. The maximum absolute atomic E-state index is 5.53. The van der Waals surface area contributed by atoms with Gasteiger partial charge in [-0.15, -0.1) is 0 Å². The van der Waals surface area contributed by atoms with Crippen LogP contribution in [-0.4, -0.2) is 30.2 Å². The van der Waals surface area contributed by atoms with E-state index in [4.69, 9.17) is 14.5 Å². The molecule has 0 aromatic heterocycles. The van der Waals surface area contributed by atoms with Gasteiger partial charge in [0.15, 0.2) is 11.5 Å². The third kappa shape index (κ3) is 3.16. The van der Waals surface area contributed by atoms with Crippen LogP contribution in [0, 0.1) is 5.92 Å². The lowest BCUT2D eigenvalue weighted by Gasteiger charge is -2.12. The van der Waals surface area contributed by atoms with Gasteiger partial charge in [-0.1, -0.05) is 37.7 Å². The topological polar surface area (TPSA) is 42.8 Å². The van der Waals surface area contributed by atoms with Crippen molar-refractivity contribution < 1.29 is 9.47 Å². The molecule has 5 heteroatoms. The van der Waals surface area contributed by atoms with Crippen molar-refractivity contribution in [1.82, 2.24) is 0 Å². The van der Waals surface area contributed by atoms with Gasteiger partial charge >= 0.3 is 0 Å². The van der Waals surface area contributed by atoms with E-state index in [-0.39, 0.29) is 6.29 Å². The summed E-state index contributed by atoms with van der Waals surface area (Å²) in [6.45, 7) is 5.77. The van der Waals surface area contributed by atoms with Crippen molar-refractivity contribution in [2.24, 2.45) is 10.9 Å². The highest BCUT2D eigenvalue weighted by Gasteiger charge is 2.22. The van der Waals surface area contributed by atoms with Crippen LogP contribution in [0.15, 0.2) is 29.3 Å². The van der Waals surface area contributed by atoms with Crippen molar-refractivity contribution in [2.45, 2.75) is 26.2 Å². The third-order valence-corrected chi connectivity index (χ3v) is 4.46. The fourth-order valence-electron chi connectivity index (χ4n) is 2.24. The van der Waals surface area contributed by atoms with E-state index in [9.17, 15) is 0 Å². The number of ether oxygens (including phenoxy) is 2. The van der Waals surface area contributed by atoms with Gasteiger partial charge in [0.25, 0.3) is 0 Å². The molecule has 2 heterocycles. The minimum Gasteiger partial charge on any atom is -0.346 e. The largest absolute Gasteiger partial charge is 0.346 e. The number of anilines is 1. The number of rotatable bonds is 3. The Hall–Kier alpha value is -1.04. The van der Waals surface area contributed by atoms with Crippen molar-refractivity contribution in [1.29, 1.82) is 0 Å². The molecule has 2 aliphatic heterocycles. The second kappa shape index (κ2) is 6.16. The highest BCUT2D eigenvalue weighted by Crippen LogP contribution is 2.27. The lowest BCUT2D eigenvalue weighted by atomic mass is 10.1. The van der Waals surface area contributed by atoms with Gasteiger partial charge in [-0.05, 0) is 18.1 Å². The fourth-order valence-corrected chi connectivity index (χ4v) is 3.42. The maximum Gasteiger partial charge on any atom is 0.184 e. The van der Waals surface area contributed by atoms with Gasteiger partial charge in [-0.2, -0.15) is 0 Å². The Labute approximate surface area is 123 Å². The first kappa shape index (κ1) is 13.9. The highest BCUT2D eigenvalue weighted by atomic mass is 32.2. The number of hydrogen-bond acceptors (Lipinski definition) is 5. The van der Waals surface area contributed by atoms with Crippen LogP contribution in [0.4, 0.5) is 5.69 Å². The van der Waals surface area contributed by atoms with E-state index in [1.165, 1.54) is 0 Å². The Morgan fingerprint density at radius 2 is 2.10 bits per heavy atom. The predicted octanol–water partition coefficient (Wildman–Crippen LogP) is 3.27. The SMILES string of the molecule is CC(C)C1CSC(Nc2cccc(C3OCCO3)c2)=N1. The summed E-state index contributed by atoms with van der Waals surface area (Å²) in [4.78, 5) is 4.72. The number of nitrogens with zero attached hydrogens (tertiary/aromatic N) is 1. The second-order valence-corrected chi connectivity index (χ2v) is 6.39. The fraction of sp³-hybridized carbons (Fsp3) is 0.533. The van der Waals surface area contributed by atoms with Crippen molar-refractivity contribution in [3.8, 4) is 0 Å². The van der Waals surface area contributed by atoms with Crippen LogP contribution in [0.5, 0.6) is 0 Å². The van der Waals surface area contributed by atoms with E-state index in [0.717, 1.165) is 22.2 Å². The molecule has 3 rings (SSSR count). The minimum atomic E-state index is -0.224. The molecule has 0 aliphatic carbocycles. The van der Waals surface area contributed by atoms with Gasteiger partial charge in [0, 0.05) is 17.0 Å². The molecule has 20 heavy (non-hydrogen) atoms. The first-order valence-electron chi connectivity index (χ1n) is 7.03. The van der Waals surface area contributed by atoms with Crippen LogP contribution in [-0.2, 0) is 9.47 Å². The summed E-state index contributed by atoms with van der Waals surface area (Å²) in [5.74, 6) is 1.66. The third-order valence-electron chi connectivity index (χ3n) is 3.48. The molecule has 0 bridgehead atoms. The molecule has 108 valence electrons. The molecular weight excluding hydrogens is 272 g/mol. The summed E-state index contributed by atoms with van der Waals surface area (Å²) >= 11 is 1.79. The average Bonchev–Trinajstić information content (AvgIpc) is 3.10. The van der Waals surface area contributed by atoms with E-state index < -0.39 is 0 Å². The number of amidine groups is 1. The van der Waals surface area contributed by atoms with Crippen LogP contribution in [0.1, 0.15) is 25.7 Å². The second-order valence-electron chi connectivity index (χ2n) is 5.38. The smallest absolute Gasteiger partial charge is 0.184 e. The standard InChI is InChI=1S/C15H20N2O2S/c1-10(2)13-9-20-15(17-13)16-12-5-3-4-11(8-12)14-18-6-7-19-14/h3-5,8,10,13-14H,6-7,9H2,1-2H3,(H,16,17). The van der Waals surface area contributed by atoms with Gasteiger partial charge < -0.3 is 14.8 Å². The van der Waals surface area contributed by atoms with Gasteiger partial charge in [-0.25, -0.2) is 0 Å². The van der Waals surface area contributed by atoms with Gasteiger partial charge in [0.05, 0.1) is 19.3 Å². The van der Waals surface area contributed by atoms with Crippen molar-refractivity contribution in [3.63, 3.8) is 0 Å². The molecule has 2 aliphatic rings. The molecule has 0 amide bonds. The summed E-state index contributed by atoms with van der Waals surface area (Å²) in [7, 11) is 0. The Morgan fingerprint density at radius 1 is 1.30 bits per heavy atom. The quantitative estimate of drug-likeness (QED) is 0.928. The summed E-state index contributed by atoms with van der Waals surface area (Å²) in [5.41, 5.74) is 2.09. The molecule has 1 saturated heterocycles. The van der Waals surface area contributed by atoms with E-state index in [0.29, 0.717) is 25.2 Å². The van der Waals surface area contributed by atoms with Crippen molar-refractivity contribution in [3.05, 3.63) is 29.8 Å². The first-order chi connectivity index (χ1) is 9.72. The molecule has 1 atom stereocenters. The first-order valence-corrected chi connectivity index (χ1v) is 8.02. The molecular formula is C15H20N2O2S. The molecule has 0 radical (unpaired) electrons. The number of thioether (sulfide) groups is 1. The highest BCUT2D eigenvalue weighted by molar-refractivity contribution is 8.14. The lowest BCUT2D eigenvalue weighted by molar-refractivity contribution is -0.0440. The molecule has 1 aromatic carbocycles. The van der Waals surface area contributed by atoms with Crippen LogP contribution < -0.4 is 5.32 Å². The number of aliphatic imine (C=N–C) groups is 1.